The Morgan fingerprint density at radius 3 is 1.71 bits per heavy atom. The van der Waals surface area contributed by atoms with Crippen LogP contribution < -0.4 is 0 Å². The largest absolute Gasteiger partial charge is 0.456 e. The summed E-state index contributed by atoms with van der Waals surface area (Å²) in [5, 5.41) is 7.03. The lowest BCUT2D eigenvalue weighted by atomic mass is 9.94. The molecule has 0 amide bonds. The molecule has 11 rings (SSSR count). The van der Waals surface area contributed by atoms with Crippen LogP contribution in [0.2, 0.25) is 0 Å². The van der Waals surface area contributed by atoms with Crippen molar-refractivity contribution in [2.45, 2.75) is 0 Å². The van der Waals surface area contributed by atoms with Gasteiger partial charge in [-0.1, -0.05) is 103 Å². The zero-order valence-corrected chi connectivity index (χ0v) is 28.6. The zero-order valence-electron chi connectivity index (χ0n) is 27.0. The third kappa shape index (κ3) is 4.47. The smallest absolute Gasteiger partial charge is 0.164 e. The molecule has 0 bridgehead atoms. The molecule has 0 radical (unpaired) electrons. The van der Waals surface area contributed by atoms with Crippen LogP contribution in [-0.2, 0) is 0 Å². The molecule has 4 aromatic heterocycles. The minimum atomic E-state index is 0.608. The predicted molar refractivity (Wildman–Crippen MR) is 215 cm³/mol. The lowest BCUT2D eigenvalue weighted by Gasteiger charge is -2.11. The Kier molecular flexibility index (Phi) is 6.26. The molecule has 0 saturated heterocycles. The maximum atomic E-state index is 6.60. The van der Waals surface area contributed by atoms with Crippen LogP contribution in [0.5, 0.6) is 0 Å². The highest BCUT2D eigenvalue weighted by atomic mass is 32.1. The van der Waals surface area contributed by atoms with Crippen molar-refractivity contribution in [1.82, 2.24) is 15.0 Å². The Hall–Kier alpha value is -6.21. The second-order valence-electron chi connectivity index (χ2n) is 12.7. The van der Waals surface area contributed by atoms with E-state index < -0.39 is 0 Å². The summed E-state index contributed by atoms with van der Waals surface area (Å²) in [4.78, 5) is 15.5. The highest BCUT2D eigenvalue weighted by Crippen LogP contribution is 2.46. The van der Waals surface area contributed by atoms with Crippen LogP contribution in [0.4, 0.5) is 0 Å². The Morgan fingerprint density at radius 2 is 0.902 bits per heavy atom. The SMILES string of the molecule is c1ccc(-c2nc(-c3ccc4sc5ccccc5c4c3)nc(-c3cccc4oc5cccc(-c6cccc7sc8ccccc8c67)c5c34)n2)cc1. The van der Waals surface area contributed by atoms with Gasteiger partial charge in [0.1, 0.15) is 11.2 Å². The van der Waals surface area contributed by atoms with E-state index in [0.717, 1.165) is 44.2 Å². The first-order valence-corrected chi connectivity index (χ1v) is 18.5. The molecular formula is C45H25N3OS2. The number of thiophene rings is 2. The van der Waals surface area contributed by atoms with Gasteiger partial charge in [0, 0.05) is 67.8 Å². The molecule has 0 aliphatic rings. The van der Waals surface area contributed by atoms with E-state index in [1.54, 1.807) is 0 Å². The van der Waals surface area contributed by atoms with Crippen LogP contribution in [0.3, 0.4) is 0 Å². The first-order valence-electron chi connectivity index (χ1n) is 16.9. The van der Waals surface area contributed by atoms with E-state index in [4.69, 9.17) is 19.4 Å². The van der Waals surface area contributed by atoms with Gasteiger partial charge in [0.15, 0.2) is 17.5 Å². The Bertz CT molecular complexity index is 3160. The van der Waals surface area contributed by atoms with Crippen LogP contribution in [-0.4, -0.2) is 15.0 Å². The van der Waals surface area contributed by atoms with Crippen LogP contribution in [0.15, 0.2) is 156 Å². The fraction of sp³-hybridized carbons (Fsp3) is 0. The van der Waals surface area contributed by atoms with Gasteiger partial charge in [0.25, 0.3) is 0 Å². The number of aromatic nitrogens is 3. The highest BCUT2D eigenvalue weighted by molar-refractivity contribution is 7.26. The second kappa shape index (κ2) is 11.2. The van der Waals surface area contributed by atoms with E-state index >= 15 is 0 Å². The van der Waals surface area contributed by atoms with E-state index in [0.29, 0.717) is 17.5 Å². The molecule has 238 valence electrons. The summed E-state index contributed by atoms with van der Waals surface area (Å²) in [6.45, 7) is 0. The Labute approximate surface area is 299 Å². The topological polar surface area (TPSA) is 51.8 Å². The van der Waals surface area contributed by atoms with Crippen molar-refractivity contribution in [3.05, 3.63) is 152 Å². The van der Waals surface area contributed by atoms with E-state index in [2.05, 4.69) is 121 Å². The molecule has 4 heterocycles. The van der Waals surface area contributed by atoms with Gasteiger partial charge >= 0.3 is 0 Å². The summed E-state index contributed by atoms with van der Waals surface area (Å²) in [5.41, 5.74) is 6.73. The van der Waals surface area contributed by atoms with Crippen molar-refractivity contribution in [3.63, 3.8) is 0 Å². The number of nitrogens with zero attached hydrogens (tertiary/aromatic N) is 3. The predicted octanol–water partition coefficient (Wildman–Crippen LogP) is 13.2. The van der Waals surface area contributed by atoms with Gasteiger partial charge in [-0.3, -0.25) is 0 Å². The molecule has 0 fully saturated rings. The third-order valence-corrected chi connectivity index (χ3v) is 12.0. The van der Waals surface area contributed by atoms with E-state index in [-0.39, 0.29) is 0 Å². The van der Waals surface area contributed by atoms with Crippen molar-refractivity contribution in [3.8, 4) is 45.3 Å². The standard InChI is InChI=1S/C45H25N3OS2/c1-2-11-26(12-3-1)43-46-44(27-23-24-38-33(25-27)28-13-4-6-20-36(28)50-38)48-45(47-43)32-17-9-19-35-42(32)41-30(15-8-18-34(41)49-35)29-16-10-22-39-40(29)31-14-5-7-21-37(31)51-39/h1-25H. The summed E-state index contributed by atoms with van der Waals surface area (Å²) in [6.07, 6.45) is 0. The average molecular weight is 688 g/mol. The lowest BCUT2D eigenvalue weighted by molar-refractivity contribution is 0.669. The van der Waals surface area contributed by atoms with Gasteiger partial charge in [-0.15, -0.1) is 22.7 Å². The monoisotopic (exact) mass is 687 g/mol. The molecule has 0 N–H and O–H groups in total. The molecule has 0 aliphatic heterocycles. The second-order valence-corrected chi connectivity index (χ2v) is 14.9. The minimum absolute atomic E-state index is 0.608. The van der Waals surface area contributed by atoms with E-state index in [9.17, 15) is 0 Å². The molecule has 0 aliphatic carbocycles. The molecule has 0 spiro atoms. The van der Waals surface area contributed by atoms with Crippen LogP contribution in [0.1, 0.15) is 0 Å². The van der Waals surface area contributed by atoms with E-state index in [1.165, 1.54) is 45.9 Å². The summed E-state index contributed by atoms with van der Waals surface area (Å²) in [7, 11) is 0. The molecule has 7 aromatic carbocycles. The van der Waals surface area contributed by atoms with Crippen LogP contribution >= 0.6 is 22.7 Å². The molecule has 0 unspecified atom stereocenters. The van der Waals surface area contributed by atoms with Gasteiger partial charge in [0.2, 0.25) is 0 Å². The summed E-state index contributed by atoms with van der Waals surface area (Å²) in [6, 6.07) is 53.1. The van der Waals surface area contributed by atoms with E-state index in [1.807, 2.05) is 53.0 Å². The molecule has 0 atom stereocenters. The number of benzene rings is 7. The van der Waals surface area contributed by atoms with Gasteiger partial charge in [0.05, 0.1) is 0 Å². The van der Waals surface area contributed by atoms with Crippen molar-refractivity contribution in [2.75, 3.05) is 0 Å². The molecule has 6 heteroatoms. The number of hydrogen-bond acceptors (Lipinski definition) is 6. The molecule has 0 saturated carbocycles. The summed E-state index contributed by atoms with van der Waals surface area (Å²) >= 11 is 3.64. The van der Waals surface area contributed by atoms with Crippen LogP contribution in [0.25, 0.3) is 108 Å². The van der Waals surface area contributed by atoms with Crippen molar-refractivity contribution < 1.29 is 4.42 Å². The fourth-order valence-electron chi connectivity index (χ4n) is 7.48. The van der Waals surface area contributed by atoms with Gasteiger partial charge in [-0.2, -0.15) is 0 Å². The average Bonchev–Trinajstić information content (AvgIpc) is 3.89. The number of furan rings is 1. The van der Waals surface area contributed by atoms with Gasteiger partial charge in [-0.25, -0.2) is 15.0 Å². The maximum Gasteiger partial charge on any atom is 0.164 e. The number of fused-ring (bicyclic) bond motifs is 9. The summed E-state index contributed by atoms with van der Waals surface area (Å²) < 4.78 is 11.7. The maximum absolute atomic E-state index is 6.60. The van der Waals surface area contributed by atoms with Crippen LogP contribution in [0, 0.1) is 0 Å². The first-order chi connectivity index (χ1) is 25.3. The van der Waals surface area contributed by atoms with Gasteiger partial charge < -0.3 is 4.42 Å². The molecule has 51 heavy (non-hydrogen) atoms. The quantitative estimate of drug-likeness (QED) is 0.185. The van der Waals surface area contributed by atoms with Gasteiger partial charge in [-0.05, 0) is 59.7 Å². The number of hydrogen-bond donors (Lipinski definition) is 0. The Morgan fingerprint density at radius 1 is 0.353 bits per heavy atom. The number of rotatable bonds is 4. The minimum Gasteiger partial charge on any atom is -0.456 e. The van der Waals surface area contributed by atoms with Crippen molar-refractivity contribution in [2.24, 2.45) is 0 Å². The molecule has 4 nitrogen and oxygen atoms in total. The molecular weight excluding hydrogens is 663 g/mol. The lowest BCUT2D eigenvalue weighted by Crippen LogP contribution is -2.00. The van der Waals surface area contributed by atoms with Crippen molar-refractivity contribution in [1.29, 1.82) is 0 Å². The highest BCUT2D eigenvalue weighted by Gasteiger charge is 2.22. The first kappa shape index (κ1) is 28.6. The third-order valence-electron chi connectivity index (χ3n) is 9.76. The Balaban J connectivity index is 1.19. The summed E-state index contributed by atoms with van der Waals surface area (Å²) in [5.74, 6) is 1.87. The molecule has 11 aromatic rings. The zero-order chi connectivity index (χ0) is 33.5. The normalized spacial score (nSPS) is 11.9. The fourth-order valence-corrected chi connectivity index (χ4v) is 9.70. The van der Waals surface area contributed by atoms with Crippen molar-refractivity contribution >= 4 is 85.0 Å².